The molecular weight excluding hydrogens is 474 g/mol. The molecule has 0 spiro atoms. The monoisotopic (exact) mass is 501 g/mol. The zero-order valence-corrected chi connectivity index (χ0v) is 20.3. The van der Waals surface area contributed by atoms with Crippen LogP contribution in [0.25, 0.3) is 0 Å². The highest BCUT2D eigenvalue weighted by molar-refractivity contribution is 7.89. The van der Waals surface area contributed by atoms with Crippen LogP contribution in [-0.2, 0) is 29.1 Å². The molecule has 0 aliphatic carbocycles. The van der Waals surface area contributed by atoms with Gasteiger partial charge in [-0.1, -0.05) is 0 Å². The molecule has 0 aromatic heterocycles. The van der Waals surface area contributed by atoms with Crippen molar-refractivity contribution in [2.45, 2.75) is 43.2 Å². The molecule has 0 saturated carbocycles. The molecule has 4 rings (SSSR count). The number of benzene rings is 2. The van der Waals surface area contributed by atoms with Gasteiger partial charge in [0, 0.05) is 25.8 Å². The van der Waals surface area contributed by atoms with Crippen LogP contribution in [0.15, 0.2) is 53.4 Å². The quantitative estimate of drug-likeness (QED) is 0.550. The fourth-order valence-corrected chi connectivity index (χ4v) is 5.89. The number of imide groups is 1. The Morgan fingerprint density at radius 1 is 1.14 bits per heavy atom. The van der Waals surface area contributed by atoms with E-state index in [1.165, 1.54) is 38.3 Å². The van der Waals surface area contributed by atoms with Crippen LogP contribution in [0.4, 0.5) is 11.4 Å². The Labute approximate surface area is 203 Å². The van der Waals surface area contributed by atoms with Gasteiger partial charge in [0.25, 0.3) is 5.91 Å². The number of sulfonamides is 1. The first-order chi connectivity index (χ1) is 16.7. The summed E-state index contributed by atoms with van der Waals surface area (Å²) in [5.74, 6) is -0.820. The Kier molecular flexibility index (Phi) is 7.20. The first-order valence-corrected chi connectivity index (χ1v) is 12.7. The molecule has 0 bridgehead atoms. The molecule has 2 aliphatic rings. The van der Waals surface area contributed by atoms with Gasteiger partial charge in [0.15, 0.2) is 0 Å². The first kappa shape index (κ1) is 24.8. The van der Waals surface area contributed by atoms with Gasteiger partial charge in [-0.05, 0) is 61.4 Å². The molecule has 11 heteroatoms. The average Bonchev–Trinajstić information content (AvgIpc) is 3.45. The largest absolute Gasteiger partial charge is 0.497 e. The number of hydrogen-bond donors (Lipinski definition) is 1. The first-order valence-electron chi connectivity index (χ1n) is 11.2. The van der Waals surface area contributed by atoms with E-state index in [0.717, 1.165) is 15.6 Å². The Morgan fingerprint density at radius 3 is 2.40 bits per heavy atom. The van der Waals surface area contributed by atoms with E-state index < -0.39 is 27.9 Å². The number of rotatable bonds is 8. The van der Waals surface area contributed by atoms with Crippen LogP contribution in [0.2, 0.25) is 0 Å². The van der Waals surface area contributed by atoms with E-state index in [9.17, 15) is 22.8 Å². The molecule has 2 unspecified atom stereocenters. The summed E-state index contributed by atoms with van der Waals surface area (Å²) in [5, 5.41) is 2.59. The number of methoxy groups -OCH3 is 1. The number of hydrogen-bond acceptors (Lipinski definition) is 7. The highest BCUT2D eigenvalue weighted by Crippen LogP contribution is 2.31. The van der Waals surface area contributed by atoms with E-state index >= 15 is 0 Å². The Bertz CT molecular complexity index is 1210. The minimum absolute atomic E-state index is 0.0457. The summed E-state index contributed by atoms with van der Waals surface area (Å²) in [7, 11) is -2.66. The zero-order chi connectivity index (χ0) is 25.2. The summed E-state index contributed by atoms with van der Waals surface area (Å²) in [6, 6.07) is 10.9. The zero-order valence-electron chi connectivity index (χ0n) is 19.5. The van der Waals surface area contributed by atoms with Gasteiger partial charge in [-0.3, -0.25) is 14.4 Å². The molecule has 10 nitrogen and oxygen atoms in total. The molecule has 2 atom stereocenters. The van der Waals surface area contributed by atoms with Gasteiger partial charge >= 0.3 is 0 Å². The smallest absolute Gasteiger partial charge is 0.252 e. The summed E-state index contributed by atoms with van der Waals surface area (Å²) < 4.78 is 39.3. The number of anilines is 2. The molecular formula is C24H27N3O7S. The summed E-state index contributed by atoms with van der Waals surface area (Å²) in [6.07, 6.45) is 0.798. The van der Waals surface area contributed by atoms with E-state index in [0.29, 0.717) is 30.2 Å². The maximum atomic E-state index is 13.7. The SMILES string of the molecule is COc1ccc(N2C(=O)CC(N(CC3CCCO3)S(=O)(=O)c3ccc(NC(C)=O)cc3)C2=O)cc1. The molecule has 186 valence electrons. The predicted octanol–water partition coefficient (Wildman–Crippen LogP) is 2.16. The van der Waals surface area contributed by atoms with Crippen LogP contribution in [0.3, 0.4) is 0 Å². The van der Waals surface area contributed by atoms with Crippen molar-refractivity contribution in [2.24, 2.45) is 0 Å². The lowest BCUT2D eigenvalue weighted by atomic mass is 10.2. The molecule has 2 saturated heterocycles. The summed E-state index contributed by atoms with van der Waals surface area (Å²) in [6.45, 7) is 1.82. The van der Waals surface area contributed by atoms with Gasteiger partial charge in [0.1, 0.15) is 11.8 Å². The molecule has 2 aliphatic heterocycles. The number of carbonyl (C=O) groups is 3. The minimum Gasteiger partial charge on any atom is -0.497 e. The molecule has 0 radical (unpaired) electrons. The fraction of sp³-hybridized carbons (Fsp3) is 0.375. The van der Waals surface area contributed by atoms with Crippen molar-refractivity contribution in [2.75, 3.05) is 30.5 Å². The summed E-state index contributed by atoms with van der Waals surface area (Å²) in [4.78, 5) is 38.6. The summed E-state index contributed by atoms with van der Waals surface area (Å²) in [5.41, 5.74) is 0.789. The number of carbonyl (C=O) groups excluding carboxylic acids is 3. The van der Waals surface area contributed by atoms with Crippen LogP contribution in [0, 0.1) is 0 Å². The van der Waals surface area contributed by atoms with Gasteiger partial charge in [0.2, 0.25) is 21.8 Å². The maximum Gasteiger partial charge on any atom is 0.252 e. The van der Waals surface area contributed by atoms with E-state index in [1.54, 1.807) is 24.3 Å². The van der Waals surface area contributed by atoms with Gasteiger partial charge < -0.3 is 14.8 Å². The minimum atomic E-state index is -4.17. The van der Waals surface area contributed by atoms with Crippen molar-refractivity contribution >= 4 is 39.1 Å². The third kappa shape index (κ3) is 5.21. The third-order valence-corrected chi connectivity index (χ3v) is 7.88. The van der Waals surface area contributed by atoms with Crippen molar-refractivity contribution in [3.05, 3.63) is 48.5 Å². The van der Waals surface area contributed by atoms with E-state index in [2.05, 4.69) is 5.32 Å². The van der Waals surface area contributed by atoms with E-state index in [4.69, 9.17) is 9.47 Å². The molecule has 3 amide bonds. The molecule has 2 fully saturated rings. The van der Waals surface area contributed by atoms with Crippen LogP contribution in [0.1, 0.15) is 26.2 Å². The van der Waals surface area contributed by atoms with Crippen LogP contribution >= 0.6 is 0 Å². The predicted molar refractivity (Wildman–Crippen MR) is 128 cm³/mol. The summed E-state index contributed by atoms with van der Waals surface area (Å²) >= 11 is 0. The van der Waals surface area contributed by atoms with Crippen molar-refractivity contribution in [3.8, 4) is 5.75 Å². The van der Waals surface area contributed by atoms with Gasteiger partial charge in [-0.15, -0.1) is 0 Å². The van der Waals surface area contributed by atoms with E-state index in [1.807, 2.05) is 0 Å². The number of amides is 3. The number of ether oxygens (including phenoxy) is 2. The Morgan fingerprint density at radius 2 is 1.83 bits per heavy atom. The topological polar surface area (TPSA) is 122 Å². The van der Waals surface area contributed by atoms with Crippen molar-refractivity contribution < 1.29 is 32.3 Å². The Balaban J connectivity index is 1.66. The lowest BCUT2D eigenvalue weighted by molar-refractivity contribution is -0.122. The van der Waals surface area contributed by atoms with Crippen molar-refractivity contribution in [1.29, 1.82) is 0 Å². The molecule has 1 N–H and O–H groups in total. The highest BCUT2D eigenvalue weighted by atomic mass is 32.2. The third-order valence-electron chi connectivity index (χ3n) is 5.99. The van der Waals surface area contributed by atoms with Crippen LogP contribution < -0.4 is 15.0 Å². The molecule has 2 heterocycles. The van der Waals surface area contributed by atoms with Gasteiger partial charge in [-0.2, -0.15) is 4.31 Å². The molecule has 2 aromatic rings. The second-order valence-electron chi connectivity index (χ2n) is 8.40. The van der Waals surface area contributed by atoms with Crippen molar-refractivity contribution in [1.82, 2.24) is 4.31 Å². The second kappa shape index (κ2) is 10.1. The van der Waals surface area contributed by atoms with Crippen molar-refractivity contribution in [3.63, 3.8) is 0 Å². The standard InChI is InChI=1S/C24H27N3O7S/c1-16(28)25-17-5-11-21(12-6-17)35(31,32)26(15-20-4-3-13-34-20)22-14-23(29)27(24(22)30)18-7-9-19(33-2)10-8-18/h5-12,20,22H,3-4,13-15H2,1-2H3,(H,25,28). The number of nitrogens with one attached hydrogen (secondary N) is 1. The normalized spacial score (nSPS) is 20.5. The van der Waals surface area contributed by atoms with Gasteiger partial charge in [0.05, 0.1) is 30.2 Å². The highest BCUT2D eigenvalue weighted by Gasteiger charge is 2.47. The average molecular weight is 502 g/mol. The number of nitrogens with zero attached hydrogens (tertiary/aromatic N) is 2. The molecule has 35 heavy (non-hydrogen) atoms. The fourth-order valence-electron chi connectivity index (χ4n) is 4.27. The lowest BCUT2D eigenvalue weighted by Crippen LogP contribution is -2.48. The second-order valence-corrected chi connectivity index (χ2v) is 10.3. The van der Waals surface area contributed by atoms with Crippen LogP contribution in [-0.4, -0.2) is 62.9 Å². The van der Waals surface area contributed by atoms with E-state index in [-0.39, 0.29) is 29.9 Å². The lowest BCUT2D eigenvalue weighted by Gasteiger charge is -2.29. The van der Waals surface area contributed by atoms with Crippen LogP contribution in [0.5, 0.6) is 5.75 Å². The Hall–Kier alpha value is -3.28. The molecule has 2 aromatic carbocycles. The van der Waals surface area contributed by atoms with Gasteiger partial charge in [-0.25, -0.2) is 13.3 Å². The maximum absolute atomic E-state index is 13.7.